The molecular weight excluding hydrogens is 400 g/mol. The van der Waals surface area contributed by atoms with Gasteiger partial charge < -0.3 is 14.1 Å². The maximum atomic E-state index is 12.7. The third-order valence-electron chi connectivity index (χ3n) is 4.54. The molecule has 0 unspecified atom stereocenters. The largest absolute Gasteiger partial charge is 0.466 e. The van der Waals surface area contributed by atoms with Gasteiger partial charge in [0.1, 0.15) is 28.9 Å². The average Bonchev–Trinajstić information content (AvgIpc) is 3.35. The first-order chi connectivity index (χ1) is 13.5. The van der Waals surface area contributed by atoms with Gasteiger partial charge in [0, 0.05) is 23.6 Å². The van der Waals surface area contributed by atoms with E-state index in [0.717, 1.165) is 10.9 Å². The minimum Gasteiger partial charge on any atom is -0.466 e. The maximum absolute atomic E-state index is 12.7. The Morgan fingerprint density at radius 3 is 2.89 bits per heavy atom. The normalized spacial score (nSPS) is 19.1. The molecule has 0 radical (unpaired) electrons. The molecule has 4 rings (SSSR count). The Kier molecular flexibility index (Phi) is 5.28. The Balaban J connectivity index is 1.49. The third-order valence-corrected chi connectivity index (χ3v) is 6.15. The Bertz CT molecular complexity index is 1020. The molecule has 0 bridgehead atoms. The number of esters is 1. The lowest BCUT2D eigenvalue weighted by atomic mass is 10.2. The molecule has 144 valence electrons. The number of furan rings is 1. The first-order valence-electron chi connectivity index (χ1n) is 8.69. The van der Waals surface area contributed by atoms with Crippen molar-refractivity contribution in [3.05, 3.63) is 65.2 Å². The molecule has 2 aromatic heterocycles. The predicted molar refractivity (Wildman–Crippen MR) is 107 cm³/mol. The predicted octanol–water partition coefficient (Wildman–Crippen LogP) is 4.19. The molecule has 3 aromatic rings. The fraction of sp³-hybridized carbons (Fsp3) is 0.250. The Labute approximate surface area is 170 Å². The van der Waals surface area contributed by atoms with Crippen molar-refractivity contribution in [3.8, 4) is 0 Å². The molecule has 1 fully saturated rings. The molecule has 0 spiro atoms. The summed E-state index contributed by atoms with van der Waals surface area (Å²) in [5, 5.41) is 0.873. The number of carbonyl (C=O) groups excluding carboxylic acids is 2. The monoisotopic (exact) mass is 416 g/mol. The van der Waals surface area contributed by atoms with Gasteiger partial charge in [-0.1, -0.05) is 29.8 Å². The van der Waals surface area contributed by atoms with Crippen LogP contribution in [-0.2, 0) is 20.9 Å². The zero-order valence-corrected chi connectivity index (χ0v) is 16.6. The highest BCUT2D eigenvalue weighted by molar-refractivity contribution is 7.99. The Morgan fingerprint density at radius 1 is 1.32 bits per heavy atom. The molecule has 0 aliphatic carbocycles. The SMILES string of the molecule is CC(=O)N1[C@H](C(=O)OCc2cc3ccccc3nc2Cl)CS[C@H]1c1ccco1. The number of pyridine rings is 1. The second-order valence-corrected chi connectivity index (χ2v) is 7.85. The van der Waals surface area contributed by atoms with Crippen molar-refractivity contribution in [2.75, 3.05) is 5.75 Å². The number of hydrogen-bond donors (Lipinski definition) is 0. The van der Waals surface area contributed by atoms with Crippen molar-refractivity contribution in [3.63, 3.8) is 0 Å². The van der Waals surface area contributed by atoms with E-state index in [9.17, 15) is 9.59 Å². The van der Waals surface area contributed by atoms with E-state index in [1.54, 1.807) is 18.4 Å². The standard InChI is InChI=1S/C20H17ClN2O4S/c1-12(24)23-16(11-28-19(23)17-7-4-8-26-17)20(25)27-10-14-9-13-5-2-3-6-15(13)22-18(14)21/h2-9,16,19H,10-11H2,1H3/t16-,19-/m0/s1. The van der Waals surface area contributed by atoms with Crippen molar-refractivity contribution in [1.82, 2.24) is 9.88 Å². The molecule has 8 heteroatoms. The van der Waals surface area contributed by atoms with Gasteiger partial charge in [0.15, 0.2) is 0 Å². The zero-order valence-electron chi connectivity index (χ0n) is 15.0. The zero-order chi connectivity index (χ0) is 19.7. The Hall–Kier alpha value is -2.51. The van der Waals surface area contributed by atoms with Gasteiger partial charge in [0.05, 0.1) is 11.8 Å². The summed E-state index contributed by atoms with van der Waals surface area (Å²) in [6, 6.07) is 12.3. The Morgan fingerprint density at radius 2 is 2.14 bits per heavy atom. The van der Waals surface area contributed by atoms with Gasteiger partial charge in [-0.3, -0.25) is 4.79 Å². The number of fused-ring (bicyclic) bond motifs is 1. The molecule has 1 aromatic carbocycles. The molecule has 0 saturated carbocycles. The van der Waals surface area contributed by atoms with E-state index in [0.29, 0.717) is 22.2 Å². The number of aromatic nitrogens is 1. The summed E-state index contributed by atoms with van der Waals surface area (Å²) in [4.78, 5) is 30.7. The molecule has 3 heterocycles. The number of ether oxygens (including phenoxy) is 1. The van der Waals surface area contributed by atoms with Gasteiger partial charge in [0.25, 0.3) is 0 Å². The lowest BCUT2D eigenvalue weighted by molar-refractivity contribution is -0.154. The third kappa shape index (κ3) is 3.59. The van der Waals surface area contributed by atoms with Crippen LogP contribution in [0.25, 0.3) is 10.9 Å². The number of carbonyl (C=O) groups is 2. The molecular formula is C20H17ClN2O4S. The minimum absolute atomic E-state index is 0.00612. The van der Waals surface area contributed by atoms with E-state index in [2.05, 4.69) is 4.98 Å². The molecule has 1 aliphatic heterocycles. The quantitative estimate of drug-likeness (QED) is 0.469. The average molecular weight is 417 g/mol. The van der Waals surface area contributed by atoms with Crippen LogP contribution in [0.3, 0.4) is 0 Å². The number of thioether (sulfide) groups is 1. The number of benzene rings is 1. The van der Waals surface area contributed by atoms with Crippen LogP contribution in [0.15, 0.2) is 53.1 Å². The summed E-state index contributed by atoms with van der Waals surface area (Å²) >= 11 is 7.70. The summed E-state index contributed by atoms with van der Waals surface area (Å²) in [7, 11) is 0. The summed E-state index contributed by atoms with van der Waals surface area (Å²) in [5.74, 6) is 0.394. The highest BCUT2D eigenvalue weighted by atomic mass is 35.5. The minimum atomic E-state index is -0.676. The van der Waals surface area contributed by atoms with Gasteiger partial charge in [-0.2, -0.15) is 0 Å². The van der Waals surface area contributed by atoms with Gasteiger partial charge in [-0.05, 0) is 24.3 Å². The number of nitrogens with zero attached hydrogens (tertiary/aromatic N) is 2. The first-order valence-corrected chi connectivity index (χ1v) is 10.1. The fourth-order valence-corrected chi connectivity index (χ4v) is 4.82. The smallest absolute Gasteiger partial charge is 0.330 e. The van der Waals surface area contributed by atoms with E-state index < -0.39 is 12.0 Å². The van der Waals surface area contributed by atoms with Crippen LogP contribution in [0, 0.1) is 0 Å². The molecule has 2 atom stereocenters. The second-order valence-electron chi connectivity index (χ2n) is 6.38. The topological polar surface area (TPSA) is 72.6 Å². The van der Waals surface area contributed by atoms with Crippen molar-refractivity contribution >= 4 is 46.1 Å². The molecule has 6 nitrogen and oxygen atoms in total. The van der Waals surface area contributed by atoms with Crippen LogP contribution in [0.5, 0.6) is 0 Å². The second kappa shape index (κ2) is 7.85. The lowest BCUT2D eigenvalue weighted by Crippen LogP contribution is -2.42. The van der Waals surface area contributed by atoms with E-state index >= 15 is 0 Å². The summed E-state index contributed by atoms with van der Waals surface area (Å²) in [6.07, 6.45) is 1.55. The highest BCUT2D eigenvalue weighted by Gasteiger charge is 2.43. The molecule has 1 aliphatic rings. The van der Waals surface area contributed by atoms with Crippen LogP contribution in [-0.4, -0.2) is 33.6 Å². The molecule has 28 heavy (non-hydrogen) atoms. The van der Waals surface area contributed by atoms with Gasteiger partial charge in [-0.15, -0.1) is 11.8 Å². The van der Waals surface area contributed by atoms with Gasteiger partial charge >= 0.3 is 5.97 Å². The van der Waals surface area contributed by atoms with Crippen molar-refractivity contribution in [2.45, 2.75) is 24.9 Å². The number of hydrogen-bond acceptors (Lipinski definition) is 6. The number of rotatable bonds is 4. The van der Waals surface area contributed by atoms with Crippen molar-refractivity contribution in [2.24, 2.45) is 0 Å². The summed E-state index contributed by atoms with van der Waals surface area (Å²) in [5.41, 5.74) is 1.40. The summed E-state index contributed by atoms with van der Waals surface area (Å²) in [6.45, 7) is 1.43. The molecule has 1 amide bonds. The number of para-hydroxylation sites is 1. The molecule has 1 saturated heterocycles. The van der Waals surface area contributed by atoms with Gasteiger partial charge in [-0.25, -0.2) is 9.78 Å². The van der Waals surface area contributed by atoms with Crippen LogP contribution in [0.1, 0.15) is 23.6 Å². The van der Waals surface area contributed by atoms with E-state index in [-0.39, 0.29) is 17.9 Å². The lowest BCUT2D eigenvalue weighted by Gasteiger charge is -2.25. The molecule has 0 N–H and O–H groups in total. The first kappa shape index (κ1) is 18.8. The van der Waals surface area contributed by atoms with Crippen molar-refractivity contribution < 1.29 is 18.7 Å². The van der Waals surface area contributed by atoms with Crippen molar-refractivity contribution in [1.29, 1.82) is 0 Å². The number of halogens is 1. The van der Waals surface area contributed by atoms with E-state index in [1.165, 1.54) is 23.6 Å². The van der Waals surface area contributed by atoms with Crippen LogP contribution < -0.4 is 0 Å². The maximum Gasteiger partial charge on any atom is 0.330 e. The number of amides is 1. The van der Waals surface area contributed by atoms with E-state index in [1.807, 2.05) is 30.3 Å². The van der Waals surface area contributed by atoms with Crippen LogP contribution in [0.2, 0.25) is 5.15 Å². The fourth-order valence-electron chi connectivity index (χ4n) is 3.21. The van der Waals surface area contributed by atoms with Crippen LogP contribution in [0.4, 0.5) is 0 Å². The van der Waals surface area contributed by atoms with Gasteiger partial charge in [0.2, 0.25) is 5.91 Å². The summed E-state index contributed by atoms with van der Waals surface area (Å²) < 4.78 is 10.9. The van der Waals surface area contributed by atoms with E-state index in [4.69, 9.17) is 20.8 Å². The highest BCUT2D eigenvalue weighted by Crippen LogP contribution is 2.41. The van der Waals surface area contributed by atoms with Crippen LogP contribution >= 0.6 is 23.4 Å².